The predicted octanol–water partition coefficient (Wildman–Crippen LogP) is 2.42. The summed E-state index contributed by atoms with van der Waals surface area (Å²) >= 11 is 0.686. The van der Waals surface area contributed by atoms with Crippen LogP contribution in [0.2, 0.25) is 0 Å². The third-order valence-electron chi connectivity index (χ3n) is 3.48. The average molecular weight is 417 g/mol. The Kier molecular flexibility index (Phi) is 5.34. The predicted molar refractivity (Wildman–Crippen MR) is 101 cm³/mol. The molecular weight excluding hydrogens is 405 g/mol. The molecule has 0 spiro atoms. The maximum atomic E-state index is 13.5. The second-order valence-electron chi connectivity index (χ2n) is 5.56. The maximum Gasteiger partial charge on any atom is 0.268 e. The third-order valence-corrected chi connectivity index (χ3v) is 5.08. The number of anilines is 1. The van der Waals surface area contributed by atoms with Crippen molar-refractivity contribution >= 4 is 38.5 Å². The van der Waals surface area contributed by atoms with Crippen LogP contribution in [0.25, 0.3) is 11.8 Å². The summed E-state index contributed by atoms with van der Waals surface area (Å²) in [6.07, 6.45) is 3.94. The Labute approximate surface area is 163 Å². The lowest BCUT2D eigenvalue weighted by Crippen LogP contribution is -2.14. The highest BCUT2D eigenvalue weighted by atomic mass is 32.2. The SMILES string of the molecule is CS(=O)(=O)c1nsc(NC(=O)/C(C#N)=C\c2cccn2-c2cccc(F)c2)n1. The van der Waals surface area contributed by atoms with Crippen LogP contribution >= 0.6 is 11.5 Å². The summed E-state index contributed by atoms with van der Waals surface area (Å²) < 4.78 is 41.5. The van der Waals surface area contributed by atoms with Crippen LogP contribution in [-0.4, -0.2) is 34.5 Å². The number of carbonyl (C=O) groups is 1. The number of halogens is 1. The maximum absolute atomic E-state index is 13.5. The molecule has 142 valence electrons. The van der Waals surface area contributed by atoms with E-state index < -0.39 is 26.7 Å². The van der Waals surface area contributed by atoms with Gasteiger partial charge in [-0.05, 0) is 36.4 Å². The number of benzene rings is 1. The van der Waals surface area contributed by atoms with Gasteiger partial charge in [0.2, 0.25) is 15.0 Å². The first-order chi connectivity index (χ1) is 13.3. The normalized spacial score (nSPS) is 11.8. The highest BCUT2D eigenvalue weighted by Crippen LogP contribution is 2.19. The molecule has 8 nitrogen and oxygen atoms in total. The van der Waals surface area contributed by atoms with Crippen molar-refractivity contribution in [3.8, 4) is 11.8 Å². The van der Waals surface area contributed by atoms with Gasteiger partial charge in [-0.15, -0.1) is 0 Å². The quantitative estimate of drug-likeness (QED) is 0.503. The van der Waals surface area contributed by atoms with Crippen LogP contribution in [0.5, 0.6) is 0 Å². The molecule has 0 aliphatic rings. The van der Waals surface area contributed by atoms with E-state index in [0.29, 0.717) is 22.9 Å². The fourth-order valence-electron chi connectivity index (χ4n) is 2.25. The van der Waals surface area contributed by atoms with Crippen molar-refractivity contribution in [2.45, 2.75) is 5.16 Å². The van der Waals surface area contributed by atoms with Gasteiger partial charge in [-0.1, -0.05) is 6.07 Å². The van der Waals surface area contributed by atoms with Crippen molar-refractivity contribution in [1.29, 1.82) is 5.26 Å². The highest BCUT2D eigenvalue weighted by Gasteiger charge is 2.18. The van der Waals surface area contributed by atoms with Crippen molar-refractivity contribution in [2.24, 2.45) is 0 Å². The topological polar surface area (TPSA) is 118 Å². The van der Waals surface area contributed by atoms with Gasteiger partial charge in [0.25, 0.3) is 11.1 Å². The number of rotatable bonds is 5. The molecule has 2 aromatic heterocycles. The van der Waals surface area contributed by atoms with E-state index in [0.717, 1.165) is 6.26 Å². The third kappa shape index (κ3) is 4.30. The van der Waals surface area contributed by atoms with E-state index in [1.165, 1.54) is 18.2 Å². The number of amides is 1. The number of sulfone groups is 1. The lowest BCUT2D eigenvalue weighted by atomic mass is 10.2. The molecule has 0 unspecified atom stereocenters. The van der Waals surface area contributed by atoms with E-state index in [-0.39, 0.29) is 10.7 Å². The van der Waals surface area contributed by atoms with Crippen LogP contribution in [0.3, 0.4) is 0 Å². The Morgan fingerprint density at radius 3 is 2.79 bits per heavy atom. The molecule has 0 fully saturated rings. The number of hydrogen-bond acceptors (Lipinski definition) is 7. The summed E-state index contributed by atoms with van der Waals surface area (Å²) in [4.78, 5) is 16.1. The molecule has 1 aromatic carbocycles. The summed E-state index contributed by atoms with van der Waals surface area (Å²) in [5, 5.41) is 11.2. The molecule has 0 bridgehead atoms. The molecule has 3 aromatic rings. The van der Waals surface area contributed by atoms with Crippen LogP contribution in [-0.2, 0) is 14.6 Å². The van der Waals surface area contributed by atoms with E-state index in [1.807, 2.05) is 0 Å². The van der Waals surface area contributed by atoms with Crippen molar-refractivity contribution < 1.29 is 17.6 Å². The molecule has 3 rings (SSSR count). The van der Waals surface area contributed by atoms with Crippen LogP contribution in [0.15, 0.2) is 53.3 Å². The minimum Gasteiger partial charge on any atom is -0.317 e. The van der Waals surface area contributed by atoms with Crippen LogP contribution < -0.4 is 5.32 Å². The van der Waals surface area contributed by atoms with Crippen molar-refractivity contribution in [1.82, 2.24) is 13.9 Å². The Hall–Kier alpha value is -3.36. The van der Waals surface area contributed by atoms with Crippen LogP contribution in [0.4, 0.5) is 9.52 Å². The second kappa shape index (κ2) is 7.71. The molecule has 0 aliphatic carbocycles. The number of aromatic nitrogens is 3. The standard InChI is InChI=1S/C17H12FN5O3S2/c1-28(25,26)17-21-16(27-22-17)20-15(24)11(10-19)8-13-6-3-7-23(13)14-5-2-4-12(18)9-14/h2-9H,1H3,(H,20,21,22,24)/b11-8-. The monoisotopic (exact) mass is 417 g/mol. The van der Waals surface area contributed by atoms with Crippen molar-refractivity contribution in [2.75, 3.05) is 11.6 Å². The van der Waals surface area contributed by atoms with E-state index >= 15 is 0 Å². The van der Waals surface area contributed by atoms with Gasteiger partial charge in [-0.3, -0.25) is 10.1 Å². The van der Waals surface area contributed by atoms with E-state index in [4.69, 9.17) is 0 Å². The van der Waals surface area contributed by atoms with Crippen LogP contribution in [0.1, 0.15) is 5.69 Å². The fourth-order valence-corrected chi connectivity index (χ4v) is 3.68. The number of carbonyl (C=O) groups excluding carboxylic acids is 1. The van der Waals surface area contributed by atoms with Gasteiger partial charge in [0.1, 0.15) is 17.5 Å². The number of nitrogens with zero attached hydrogens (tertiary/aromatic N) is 4. The van der Waals surface area contributed by atoms with E-state index in [9.17, 15) is 22.9 Å². The molecule has 0 radical (unpaired) electrons. The summed E-state index contributed by atoms with van der Waals surface area (Å²) in [7, 11) is -3.60. The molecule has 0 saturated heterocycles. The van der Waals surface area contributed by atoms with Crippen molar-refractivity contribution in [3.63, 3.8) is 0 Å². The number of nitrogens with one attached hydrogen (secondary N) is 1. The molecule has 1 amide bonds. The van der Waals surface area contributed by atoms with E-state index in [2.05, 4.69) is 14.7 Å². The van der Waals surface area contributed by atoms with Gasteiger partial charge < -0.3 is 4.57 Å². The van der Waals surface area contributed by atoms with Gasteiger partial charge in [0.05, 0.1) is 0 Å². The first-order valence-corrected chi connectivity index (χ1v) is 10.3. The smallest absolute Gasteiger partial charge is 0.268 e. The molecule has 2 heterocycles. The first kappa shape index (κ1) is 19.4. The molecule has 0 atom stereocenters. The van der Waals surface area contributed by atoms with E-state index in [1.54, 1.807) is 41.1 Å². The highest BCUT2D eigenvalue weighted by molar-refractivity contribution is 7.90. The zero-order valence-electron chi connectivity index (χ0n) is 14.3. The lowest BCUT2D eigenvalue weighted by molar-refractivity contribution is -0.112. The van der Waals surface area contributed by atoms with Gasteiger partial charge in [0, 0.05) is 35.4 Å². The minimum atomic E-state index is -3.60. The average Bonchev–Trinajstić information content (AvgIpc) is 3.28. The zero-order valence-corrected chi connectivity index (χ0v) is 16.0. The zero-order chi connectivity index (χ0) is 20.3. The number of nitriles is 1. The molecule has 1 N–H and O–H groups in total. The summed E-state index contributed by atoms with van der Waals surface area (Å²) in [6.45, 7) is 0. The lowest BCUT2D eigenvalue weighted by Gasteiger charge is -2.07. The van der Waals surface area contributed by atoms with Gasteiger partial charge in [-0.25, -0.2) is 12.8 Å². The first-order valence-electron chi connectivity index (χ1n) is 7.68. The second-order valence-corrected chi connectivity index (χ2v) is 8.22. The molecular formula is C17H12FN5O3S2. The van der Waals surface area contributed by atoms with Gasteiger partial charge in [0.15, 0.2) is 0 Å². The minimum absolute atomic E-state index is 0.0490. The summed E-state index contributed by atoms with van der Waals surface area (Å²) in [5.41, 5.74) is 0.759. The van der Waals surface area contributed by atoms with Crippen molar-refractivity contribution in [3.05, 3.63) is 59.7 Å². The Morgan fingerprint density at radius 2 is 2.14 bits per heavy atom. The summed E-state index contributed by atoms with van der Waals surface area (Å²) in [6, 6.07) is 11.0. The molecule has 28 heavy (non-hydrogen) atoms. The van der Waals surface area contributed by atoms with Gasteiger partial charge in [-0.2, -0.15) is 14.6 Å². The fraction of sp³-hybridized carbons (Fsp3) is 0.0588. The largest absolute Gasteiger partial charge is 0.317 e. The molecule has 11 heteroatoms. The summed E-state index contributed by atoms with van der Waals surface area (Å²) in [5.74, 6) is -1.19. The van der Waals surface area contributed by atoms with Crippen LogP contribution in [0, 0.1) is 17.1 Å². The molecule has 0 aliphatic heterocycles. The Morgan fingerprint density at radius 1 is 1.36 bits per heavy atom. The Bertz CT molecular complexity index is 1220. The van der Waals surface area contributed by atoms with Gasteiger partial charge >= 0.3 is 0 Å². The number of hydrogen-bond donors (Lipinski definition) is 1. The molecule has 0 saturated carbocycles. The Balaban J connectivity index is 1.87.